The van der Waals surface area contributed by atoms with Gasteiger partial charge in [0.25, 0.3) is 5.56 Å². The molecule has 9 heteroatoms. The fraction of sp³-hybridized carbons (Fsp3) is 0.440. The highest BCUT2D eigenvalue weighted by Crippen LogP contribution is 2.36. The van der Waals surface area contributed by atoms with E-state index >= 15 is 0 Å². The van der Waals surface area contributed by atoms with Crippen LogP contribution < -0.4 is 16.2 Å². The van der Waals surface area contributed by atoms with Crippen LogP contribution in [0, 0.1) is 13.8 Å². The van der Waals surface area contributed by atoms with Gasteiger partial charge in [-0.25, -0.2) is 9.78 Å². The summed E-state index contributed by atoms with van der Waals surface area (Å²) < 4.78 is 1.63. The topological polar surface area (TPSA) is 93.1 Å². The van der Waals surface area contributed by atoms with E-state index in [1.54, 1.807) is 22.8 Å². The van der Waals surface area contributed by atoms with Gasteiger partial charge in [-0.3, -0.25) is 19.5 Å². The molecular formula is C25H28N4O3S2. The van der Waals surface area contributed by atoms with Gasteiger partial charge in [0.05, 0.1) is 16.3 Å². The minimum absolute atomic E-state index is 0.0887. The molecule has 0 aliphatic heterocycles. The number of aromatic nitrogens is 2. The lowest BCUT2D eigenvalue weighted by Crippen LogP contribution is -2.43. The maximum absolute atomic E-state index is 13.9. The third-order valence-corrected chi connectivity index (χ3v) is 8.75. The van der Waals surface area contributed by atoms with Gasteiger partial charge in [-0.15, -0.1) is 11.3 Å². The lowest BCUT2D eigenvalue weighted by Gasteiger charge is -2.17. The zero-order valence-electron chi connectivity index (χ0n) is 19.6. The molecule has 178 valence electrons. The highest BCUT2D eigenvalue weighted by Gasteiger charge is 2.27. The Morgan fingerprint density at radius 1 is 1.18 bits per heavy atom. The van der Waals surface area contributed by atoms with E-state index in [0.29, 0.717) is 10.5 Å². The van der Waals surface area contributed by atoms with Gasteiger partial charge < -0.3 is 5.32 Å². The van der Waals surface area contributed by atoms with E-state index in [9.17, 15) is 14.4 Å². The Morgan fingerprint density at radius 2 is 1.94 bits per heavy atom. The summed E-state index contributed by atoms with van der Waals surface area (Å²) in [4.78, 5) is 45.5. The summed E-state index contributed by atoms with van der Waals surface area (Å²) in [5.74, 6) is -0.408. The van der Waals surface area contributed by atoms with Crippen molar-refractivity contribution < 1.29 is 9.59 Å². The Morgan fingerprint density at radius 3 is 2.68 bits per heavy atom. The van der Waals surface area contributed by atoms with Crippen LogP contribution in [0.25, 0.3) is 15.9 Å². The Bertz CT molecular complexity index is 1360. The second-order valence-electron chi connectivity index (χ2n) is 9.19. The first-order valence-electron chi connectivity index (χ1n) is 11.7. The number of fused-ring (bicyclic) bond motifs is 3. The Hall–Kier alpha value is -2.65. The number of hydrogen-bond donors (Lipinski definition) is 2. The number of carbonyl (C=O) groups is 2. The smallest absolute Gasteiger partial charge is 0.321 e. The minimum atomic E-state index is -0.610. The van der Waals surface area contributed by atoms with Crippen molar-refractivity contribution in [3.63, 3.8) is 0 Å². The van der Waals surface area contributed by atoms with E-state index < -0.39 is 17.2 Å². The van der Waals surface area contributed by atoms with Gasteiger partial charge in [-0.05, 0) is 88.1 Å². The van der Waals surface area contributed by atoms with Gasteiger partial charge in [0, 0.05) is 10.9 Å². The monoisotopic (exact) mass is 496 g/mol. The van der Waals surface area contributed by atoms with Gasteiger partial charge in [0.2, 0.25) is 5.91 Å². The molecule has 2 N–H and O–H groups in total. The summed E-state index contributed by atoms with van der Waals surface area (Å²) >= 11 is 2.80. The number of rotatable bonds is 5. The normalized spacial score (nSPS) is 16.2. The van der Waals surface area contributed by atoms with Crippen molar-refractivity contribution in [3.05, 3.63) is 50.1 Å². The van der Waals surface area contributed by atoms with Crippen LogP contribution in [-0.4, -0.2) is 32.8 Å². The molecule has 2 heterocycles. The fourth-order valence-electron chi connectivity index (χ4n) is 4.23. The van der Waals surface area contributed by atoms with Crippen molar-refractivity contribution in [1.82, 2.24) is 20.2 Å². The van der Waals surface area contributed by atoms with Crippen molar-refractivity contribution in [2.24, 2.45) is 0 Å². The molecule has 3 aromatic rings. The number of nitrogens with one attached hydrogen (secondary N) is 2. The van der Waals surface area contributed by atoms with Crippen LogP contribution in [0.3, 0.4) is 0 Å². The predicted octanol–water partition coefficient (Wildman–Crippen LogP) is 4.41. The third-order valence-electron chi connectivity index (χ3n) is 6.51. The summed E-state index contributed by atoms with van der Waals surface area (Å²) in [7, 11) is 0. The second-order valence-corrected chi connectivity index (χ2v) is 11.6. The number of carbonyl (C=O) groups excluding carboxylic acids is 2. The first-order chi connectivity index (χ1) is 16.3. The zero-order chi connectivity index (χ0) is 24.0. The molecular weight excluding hydrogens is 468 g/mol. The molecule has 1 unspecified atom stereocenters. The van der Waals surface area contributed by atoms with Crippen molar-refractivity contribution in [1.29, 1.82) is 0 Å². The number of urea groups is 1. The molecule has 0 bridgehead atoms. The standard InChI is InChI=1S/C25H28N4O3S2/c1-13-8-11-17(12-14(13)2)29-23(31)20-18-6-4-5-7-19(18)34-22(20)28-25(29)33-15(3)21(30)27-24(32)26-16-9-10-16/h8,11-12,15-16H,4-7,9-10H2,1-3H3,(H2,26,27,30,32). The Balaban J connectivity index is 1.55. The highest BCUT2D eigenvalue weighted by atomic mass is 32.2. The first-order valence-corrected chi connectivity index (χ1v) is 13.4. The van der Waals surface area contributed by atoms with E-state index in [2.05, 4.69) is 10.6 Å². The molecule has 1 atom stereocenters. The molecule has 0 spiro atoms. The maximum atomic E-state index is 13.9. The highest BCUT2D eigenvalue weighted by molar-refractivity contribution is 8.00. The predicted molar refractivity (Wildman–Crippen MR) is 136 cm³/mol. The summed E-state index contributed by atoms with van der Waals surface area (Å²) in [6.45, 7) is 5.78. The van der Waals surface area contributed by atoms with E-state index in [1.807, 2.05) is 32.0 Å². The molecule has 1 saturated carbocycles. The molecule has 1 fully saturated rings. The van der Waals surface area contributed by atoms with Crippen LogP contribution in [0.1, 0.15) is 54.2 Å². The average Bonchev–Trinajstić information content (AvgIpc) is 3.52. The number of aryl methyl sites for hydroxylation is 4. The molecule has 34 heavy (non-hydrogen) atoms. The molecule has 5 rings (SSSR count). The third kappa shape index (κ3) is 4.51. The van der Waals surface area contributed by atoms with Gasteiger partial charge in [-0.1, -0.05) is 17.8 Å². The van der Waals surface area contributed by atoms with Crippen molar-refractivity contribution in [3.8, 4) is 5.69 Å². The number of thiophene rings is 1. The number of hydrogen-bond acceptors (Lipinski definition) is 6. The van der Waals surface area contributed by atoms with Gasteiger partial charge in [0.1, 0.15) is 4.83 Å². The summed E-state index contributed by atoms with van der Waals surface area (Å²) in [6.07, 6.45) is 5.99. The molecule has 0 saturated heterocycles. The van der Waals surface area contributed by atoms with Crippen molar-refractivity contribution >= 4 is 45.3 Å². The van der Waals surface area contributed by atoms with Crippen LogP contribution in [0.4, 0.5) is 4.79 Å². The van der Waals surface area contributed by atoms with Gasteiger partial charge >= 0.3 is 6.03 Å². The zero-order valence-corrected chi connectivity index (χ0v) is 21.2. The average molecular weight is 497 g/mol. The van der Waals surface area contributed by atoms with Crippen LogP contribution in [0.2, 0.25) is 0 Å². The minimum Gasteiger partial charge on any atom is -0.335 e. The number of imide groups is 1. The lowest BCUT2D eigenvalue weighted by molar-refractivity contribution is -0.119. The van der Waals surface area contributed by atoms with E-state index in [0.717, 1.165) is 65.7 Å². The van der Waals surface area contributed by atoms with Crippen molar-refractivity contribution in [2.75, 3.05) is 0 Å². The summed E-state index contributed by atoms with van der Waals surface area (Å²) in [5.41, 5.74) is 4.01. The number of benzene rings is 1. The summed E-state index contributed by atoms with van der Waals surface area (Å²) in [6, 6.07) is 5.60. The molecule has 2 aliphatic carbocycles. The molecule has 1 aromatic carbocycles. The van der Waals surface area contributed by atoms with Crippen LogP contribution in [-0.2, 0) is 17.6 Å². The van der Waals surface area contributed by atoms with Crippen molar-refractivity contribution in [2.45, 2.75) is 75.7 Å². The van der Waals surface area contributed by atoms with E-state index in [4.69, 9.17) is 4.98 Å². The number of nitrogens with zero attached hydrogens (tertiary/aromatic N) is 2. The lowest BCUT2D eigenvalue weighted by atomic mass is 9.97. The van der Waals surface area contributed by atoms with E-state index in [-0.39, 0.29) is 11.6 Å². The number of thioether (sulfide) groups is 1. The fourth-order valence-corrected chi connectivity index (χ4v) is 6.46. The molecule has 2 aromatic heterocycles. The quantitative estimate of drug-likeness (QED) is 0.403. The Kier molecular flexibility index (Phi) is 6.24. The SMILES string of the molecule is Cc1ccc(-n2c(SC(C)C(=O)NC(=O)NC3CC3)nc3sc4c(c3c2=O)CCCC4)cc1C. The maximum Gasteiger partial charge on any atom is 0.321 e. The largest absolute Gasteiger partial charge is 0.335 e. The Labute approximate surface area is 206 Å². The van der Waals surface area contributed by atoms with Crippen LogP contribution in [0.5, 0.6) is 0 Å². The second kappa shape index (κ2) is 9.19. The van der Waals surface area contributed by atoms with E-state index in [1.165, 1.54) is 16.6 Å². The van der Waals surface area contributed by atoms with Crippen LogP contribution >= 0.6 is 23.1 Å². The molecule has 2 aliphatic rings. The summed E-state index contributed by atoms with van der Waals surface area (Å²) in [5, 5.41) is 5.74. The first kappa shape index (κ1) is 23.1. The number of amides is 3. The molecule has 0 radical (unpaired) electrons. The van der Waals surface area contributed by atoms with Crippen LogP contribution in [0.15, 0.2) is 28.2 Å². The van der Waals surface area contributed by atoms with Gasteiger partial charge in [0.15, 0.2) is 5.16 Å². The molecule has 7 nitrogen and oxygen atoms in total. The van der Waals surface area contributed by atoms with Gasteiger partial charge in [-0.2, -0.15) is 0 Å². The molecule has 3 amide bonds.